The van der Waals surface area contributed by atoms with Gasteiger partial charge in [0.15, 0.2) is 11.6 Å². The lowest BCUT2D eigenvalue weighted by Crippen LogP contribution is -2.13. The van der Waals surface area contributed by atoms with E-state index in [0.29, 0.717) is 5.56 Å². The van der Waals surface area contributed by atoms with Gasteiger partial charge in [-0.2, -0.15) is 5.26 Å². The van der Waals surface area contributed by atoms with Gasteiger partial charge in [0.2, 0.25) is 0 Å². The summed E-state index contributed by atoms with van der Waals surface area (Å²) in [5.74, 6) is -1.15. The van der Waals surface area contributed by atoms with Gasteiger partial charge < -0.3 is 5.11 Å². The maximum absolute atomic E-state index is 13.0. The first-order chi connectivity index (χ1) is 6.38. The molecule has 0 aromatic heterocycles. The van der Waals surface area contributed by atoms with Gasteiger partial charge in [-0.3, -0.25) is 0 Å². The Bertz CT molecular complexity index is 386. The second-order valence-corrected chi connectivity index (χ2v) is 4.38. The Morgan fingerprint density at radius 2 is 2.07 bits per heavy atom. The molecule has 0 amide bonds. The van der Waals surface area contributed by atoms with Gasteiger partial charge in [-0.1, -0.05) is 0 Å². The molecule has 1 aromatic rings. The molecule has 14 heavy (non-hydrogen) atoms. The standard InChI is InChI=1S/C10H9BrFNO/c1-10(2,5-13)6-3-7(11)9(12)8(14)4-6/h3-4,14H,1-2H3. The van der Waals surface area contributed by atoms with Crippen molar-refractivity contribution in [3.8, 4) is 11.8 Å². The van der Waals surface area contributed by atoms with Crippen molar-refractivity contribution in [1.82, 2.24) is 0 Å². The van der Waals surface area contributed by atoms with Crippen LogP contribution in [0, 0.1) is 17.1 Å². The van der Waals surface area contributed by atoms with Crippen molar-refractivity contribution >= 4 is 15.9 Å². The summed E-state index contributed by atoms with van der Waals surface area (Å²) < 4.78 is 13.2. The summed E-state index contributed by atoms with van der Waals surface area (Å²) >= 11 is 2.97. The lowest BCUT2D eigenvalue weighted by Gasteiger charge is -2.16. The molecule has 0 aliphatic rings. The van der Waals surface area contributed by atoms with Crippen LogP contribution in [0.15, 0.2) is 16.6 Å². The molecule has 0 atom stereocenters. The van der Waals surface area contributed by atoms with Crippen molar-refractivity contribution in [1.29, 1.82) is 5.26 Å². The SMILES string of the molecule is CC(C)(C#N)c1cc(O)c(F)c(Br)c1. The van der Waals surface area contributed by atoms with Gasteiger partial charge >= 0.3 is 0 Å². The molecule has 0 bridgehead atoms. The topological polar surface area (TPSA) is 44.0 Å². The van der Waals surface area contributed by atoms with E-state index in [1.54, 1.807) is 13.8 Å². The molecule has 0 heterocycles. The van der Waals surface area contributed by atoms with Crippen LogP contribution in [0.1, 0.15) is 19.4 Å². The monoisotopic (exact) mass is 257 g/mol. The predicted octanol–water partition coefficient (Wildman–Crippen LogP) is 3.09. The van der Waals surface area contributed by atoms with Gasteiger partial charge in [-0.15, -0.1) is 0 Å². The lowest BCUT2D eigenvalue weighted by atomic mass is 9.86. The summed E-state index contributed by atoms with van der Waals surface area (Å²) in [6.45, 7) is 3.40. The highest BCUT2D eigenvalue weighted by Crippen LogP contribution is 2.32. The van der Waals surface area contributed by atoms with E-state index in [4.69, 9.17) is 5.26 Å². The third-order valence-corrected chi connectivity index (χ3v) is 2.59. The summed E-state index contributed by atoms with van der Waals surface area (Å²) in [6, 6.07) is 4.84. The van der Waals surface area contributed by atoms with Crippen LogP contribution in [-0.2, 0) is 5.41 Å². The van der Waals surface area contributed by atoms with Crippen LogP contribution in [0.25, 0.3) is 0 Å². The van der Waals surface area contributed by atoms with E-state index in [0.717, 1.165) is 0 Å². The molecule has 2 nitrogen and oxygen atoms in total. The third kappa shape index (κ3) is 1.88. The number of rotatable bonds is 1. The number of phenolic OH excluding ortho intramolecular Hbond substituents is 1. The maximum Gasteiger partial charge on any atom is 0.178 e. The molecule has 0 aliphatic carbocycles. The first kappa shape index (κ1) is 11.0. The molecule has 0 saturated carbocycles. The third-order valence-electron chi connectivity index (χ3n) is 2.01. The largest absolute Gasteiger partial charge is 0.505 e. The van der Waals surface area contributed by atoms with E-state index < -0.39 is 17.0 Å². The van der Waals surface area contributed by atoms with E-state index in [1.165, 1.54) is 12.1 Å². The quantitative estimate of drug-likeness (QED) is 0.841. The zero-order chi connectivity index (χ0) is 10.9. The number of halogens is 2. The fourth-order valence-corrected chi connectivity index (χ4v) is 1.45. The van der Waals surface area contributed by atoms with Crippen molar-refractivity contribution in [3.05, 3.63) is 28.0 Å². The molecule has 1 aromatic carbocycles. The fraction of sp³-hybridized carbons (Fsp3) is 0.300. The molecule has 4 heteroatoms. The van der Waals surface area contributed by atoms with Crippen LogP contribution in [0.4, 0.5) is 4.39 Å². The number of aromatic hydroxyl groups is 1. The molecular formula is C10H9BrFNO. The summed E-state index contributed by atoms with van der Waals surface area (Å²) in [5.41, 5.74) is -0.168. The second kappa shape index (κ2) is 3.58. The van der Waals surface area contributed by atoms with Gasteiger partial charge in [-0.05, 0) is 47.5 Å². The molecule has 0 aliphatic heterocycles. The number of phenols is 1. The molecular weight excluding hydrogens is 249 g/mol. The van der Waals surface area contributed by atoms with Crippen molar-refractivity contribution in [2.24, 2.45) is 0 Å². The van der Waals surface area contributed by atoms with Crippen molar-refractivity contribution in [3.63, 3.8) is 0 Å². The molecule has 1 rings (SSSR count). The summed E-state index contributed by atoms with van der Waals surface area (Å²) in [7, 11) is 0. The Hall–Kier alpha value is -1.08. The van der Waals surface area contributed by atoms with Crippen molar-refractivity contribution < 1.29 is 9.50 Å². The van der Waals surface area contributed by atoms with Crippen LogP contribution in [0.3, 0.4) is 0 Å². The highest BCUT2D eigenvalue weighted by atomic mass is 79.9. The number of nitriles is 1. The maximum atomic E-state index is 13.0. The van der Waals surface area contributed by atoms with E-state index in [2.05, 4.69) is 22.0 Å². The minimum atomic E-state index is -0.742. The van der Waals surface area contributed by atoms with Crippen LogP contribution < -0.4 is 0 Å². The van der Waals surface area contributed by atoms with Crippen LogP contribution in [-0.4, -0.2) is 5.11 Å². The Morgan fingerprint density at radius 3 is 2.50 bits per heavy atom. The predicted molar refractivity (Wildman–Crippen MR) is 54.4 cm³/mol. The average Bonchev–Trinajstić information content (AvgIpc) is 2.13. The summed E-state index contributed by atoms with van der Waals surface area (Å²) in [5, 5.41) is 18.1. The molecule has 0 fully saturated rings. The Labute approximate surface area is 90.1 Å². The molecule has 0 spiro atoms. The molecule has 1 N–H and O–H groups in total. The number of hydrogen-bond donors (Lipinski definition) is 1. The smallest absolute Gasteiger partial charge is 0.178 e. The Morgan fingerprint density at radius 1 is 1.50 bits per heavy atom. The molecule has 0 saturated heterocycles. The van der Waals surface area contributed by atoms with E-state index in [9.17, 15) is 9.50 Å². The zero-order valence-electron chi connectivity index (χ0n) is 7.81. The van der Waals surface area contributed by atoms with Crippen LogP contribution >= 0.6 is 15.9 Å². The van der Waals surface area contributed by atoms with E-state index in [1.807, 2.05) is 0 Å². The Balaban J connectivity index is 3.35. The molecule has 74 valence electrons. The Kier molecular flexibility index (Phi) is 2.81. The van der Waals surface area contributed by atoms with Gasteiger partial charge in [-0.25, -0.2) is 4.39 Å². The number of hydrogen-bond acceptors (Lipinski definition) is 2. The average molecular weight is 258 g/mol. The number of benzene rings is 1. The van der Waals surface area contributed by atoms with E-state index >= 15 is 0 Å². The van der Waals surface area contributed by atoms with Gasteiger partial charge in [0.25, 0.3) is 0 Å². The summed E-state index contributed by atoms with van der Waals surface area (Å²) in [6.07, 6.45) is 0. The molecule has 0 unspecified atom stereocenters. The first-order valence-corrected chi connectivity index (χ1v) is 4.77. The van der Waals surface area contributed by atoms with Gasteiger partial charge in [0.05, 0.1) is 16.0 Å². The van der Waals surface area contributed by atoms with Crippen LogP contribution in [0.5, 0.6) is 5.75 Å². The van der Waals surface area contributed by atoms with E-state index in [-0.39, 0.29) is 4.47 Å². The minimum absolute atomic E-state index is 0.163. The fourth-order valence-electron chi connectivity index (χ4n) is 1.000. The van der Waals surface area contributed by atoms with Gasteiger partial charge in [0.1, 0.15) is 0 Å². The zero-order valence-corrected chi connectivity index (χ0v) is 9.39. The highest BCUT2D eigenvalue weighted by molar-refractivity contribution is 9.10. The highest BCUT2D eigenvalue weighted by Gasteiger charge is 2.22. The van der Waals surface area contributed by atoms with Crippen molar-refractivity contribution in [2.75, 3.05) is 0 Å². The molecule has 0 radical (unpaired) electrons. The summed E-state index contributed by atoms with van der Waals surface area (Å²) in [4.78, 5) is 0. The van der Waals surface area contributed by atoms with Crippen molar-refractivity contribution in [2.45, 2.75) is 19.3 Å². The first-order valence-electron chi connectivity index (χ1n) is 3.98. The van der Waals surface area contributed by atoms with Gasteiger partial charge in [0, 0.05) is 0 Å². The minimum Gasteiger partial charge on any atom is -0.505 e. The number of nitrogens with zero attached hydrogens (tertiary/aromatic N) is 1. The van der Waals surface area contributed by atoms with Crippen LogP contribution in [0.2, 0.25) is 0 Å². The lowest BCUT2D eigenvalue weighted by molar-refractivity contribution is 0.428. The normalized spacial score (nSPS) is 11.1. The second-order valence-electron chi connectivity index (χ2n) is 3.53.